The number of thiophene rings is 1. The number of carbonyl (C=O) groups excluding carboxylic acids is 3. The predicted molar refractivity (Wildman–Crippen MR) is 103 cm³/mol. The summed E-state index contributed by atoms with van der Waals surface area (Å²) in [6, 6.07) is 4.88. The molecule has 2 N–H and O–H groups in total. The summed E-state index contributed by atoms with van der Waals surface area (Å²) < 4.78 is 6.57. The molecule has 0 unspecified atom stereocenters. The minimum absolute atomic E-state index is 0.205. The van der Waals surface area contributed by atoms with E-state index in [4.69, 9.17) is 4.74 Å². The first kappa shape index (κ1) is 19.5. The monoisotopic (exact) mass is 401 g/mol. The lowest BCUT2D eigenvalue weighted by atomic mass is 10.2. The van der Waals surface area contributed by atoms with Gasteiger partial charge < -0.3 is 10.1 Å². The van der Waals surface area contributed by atoms with Crippen LogP contribution in [0.2, 0.25) is 0 Å². The third-order valence-electron chi connectivity index (χ3n) is 3.92. The number of aryl methyl sites for hydroxylation is 2. The Labute approximate surface area is 164 Å². The molecule has 28 heavy (non-hydrogen) atoms. The van der Waals surface area contributed by atoms with Crippen molar-refractivity contribution in [2.45, 2.75) is 13.3 Å². The molecule has 10 heteroatoms. The van der Waals surface area contributed by atoms with Crippen molar-refractivity contribution in [2.75, 3.05) is 13.2 Å². The van der Waals surface area contributed by atoms with Crippen LogP contribution in [0.5, 0.6) is 0 Å². The van der Waals surface area contributed by atoms with Gasteiger partial charge in [-0.05, 0) is 30.9 Å². The van der Waals surface area contributed by atoms with Crippen LogP contribution in [0.1, 0.15) is 20.9 Å². The fourth-order valence-electron chi connectivity index (χ4n) is 2.59. The number of pyridine rings is 1. The Bertz CT molecular complexity index is 1010. The molecule has 0 radical (unpaired) electrons. The van der Waals surface area contributed by atoms with Crippen LogP contribution in [0.15, 0.2) is 29.8 Å². The largest absolute Gasteiger partial charge is 0.452 e. The second-order valence-electron chi connectivity index (χ2n) is 6.01. The van der Waals surface area contributed by atoms with Gasteiger partial charge in [0.1, 0.15) is 0 Å². The summed E-state index contributed by atoms with van der Waals surface area (Å²) in [7, 11) is 1.76. The van der Waals surface area contributed by atoms with E-state index in [-0.39, 0.29) is 5.56 Å². The van der Waals surface area contributed by atoms with Gasteiger partial charge in [-0.3, -0.25) is 14.8 Å². The molecule has 0 atom stereocenters. The Morgan fingerprint density at radius 3 is 2.89 bits per heavy atom. The van der Waals surface area contributed by atoms with E-state index in [0.29, 0.717) is 18.6 Å². The molecule has 0 fully saturated rings. The minimum Gasteiger partial charge on any atom is -0.452 e. The molecule has 0 aliphatic heterocycles. The summed E-state index contributed by atoms with van der Waals surface area (Å²) >= 11 is 1.59. The van der Waals surface area contributed by atoms with E-state index in [9.17, 15) is 14.4 Å². The van der Waals surface area contributed by atoms with Gasteiger partial charge in [0.05, 0.1) is 11.3 Å². The Balaban J connectivity index is 1.45. The molecular formula is C18H19N5O4S. The quantitative estimate of drug-likeness (QED) is 0.606. The third-order valence-corrected chi connectivity index (χ3v) is 4.86. The first-order chi connectivity index (χ1) is 13.4. The molecule has 0 aliphatic carbocycles. The molecule has 3 rings (SSSR count). The zero-order valence-electron chi connectivity index (χ0n) is 15.4. The van der Waals surface area contributed by atoms with Crippen molar-refractivity contribution >= 4 is 40.3 Å². The van der Waals surface area contributed by atoms with E-state index in [2.05, 4.69) is 20.7 Å². The summed E-state index contributed by atoms with van der Waals surface area (Å²) in [5.41, 5.74) is 1.58. The number of nitrogens with zero attached hydrogens (tertiary/aromatic N) is 3. The number of hydrogen-bond acceptors (Lipinski definition) is 7. The normalized spacial score (nSPS) is 10.6. The second kappa shape index (κ2) is 8.61. The van der Waals surface area contributed by atoms with Crippen LogP contribution < -0.4 is 10.6 Å². The van der Waals surface area contributed by atoms with E-state index in [0.717, 1.165) is 16.0 Å². The number of carbonyl (C=O) groups is 3. The zero-order chi connectivity index (χ0) is 20.1. The van der Waals surface area contributed by atoms with Gasteiger partial charge >= 0.3 is 12.0 Å². The molecule has 0 saturated heterocycles. The summed E-state index contributed by atoms with van der Waals surface area (Å²) in [4.78, 5) is 40.9. The summed E-state index contributed by atoms with van der Waals surface area (Å²) in [6.45, 7) is 1.64. The lowest BCUT2D eigenvalue weighted by Crippen LogP contribution is -2.42. The molecule has 0 saturated carbocycles. The molecule has 3 aromatic rings. The number of ether oxygens (including phenoxy) is 1. The molecule has 146 valence electrons. The van der Waals surface area contributed by atoms with Crippen molar-refractivity contribution < 1.29 is 19.1 Å². The van der Waals surface area contributed by atoms with Crippen LogP contribution in [-0.4, -0.2) is 45.8 Å². The predicted octanol–water partition coefficient (Wildman–Crippen LogP) is 1.56. The van der Waals surface area contributed by atoms with Crippen molar-refractivity contribution in [1.29, 1.82) is 0 Å². The van der Waals surface area contributed by atoms with Crippen molar-refractivity contribution in [3.05, 3.63) is 45.9 Å². The minimum atomic E-state index is -0.714. The highest BCUT2D eigenvalue weighted by Crippen LogP contribution is 2.17. The number of fused-ring (bicyclic) bond motifs is 1. The second-order valence-corrected chi connectivity index (χ2v) is 7.05. The number of amides is 3. The van der Waals surface area contributed by atoms with Gasteiger partial charge in [-0.15, -0.1) is 11.3 Å². The van der Waals surface area contributed by atoms with E-state index in [1.54, 1.807) is 29.1 Å². The van der Waals surface area contributed by atoms with Crippen molar-refractivity contribution in [3.8, 4) is 0 Å². The molecule has 9 nitrogen and oxygen atoms in total. The molecule has 0 spiro atoms. The molecule has 3 heterocycles. The highest BCUT2D eigenvalue weighted by molar-refractivity contribution is 7.09. The van der Waals surface area contributed by atoms with Crippen LogP contribution in [0, 0.1) is 6.92 Å². The number of urea groups is 1. The van der Waals surface area contributed by atoms with Gasteiger partial charge in [-0.2, -0.15) is 5.10 Å². The summed E-state index contributed by atoms with van der Waals surface area (Å²) in [5.74, 6) is -1.42. The maximum Gasteiger partial charge on any atom is 0.340 e. The topological polar surface area (TPSA) is 115 Å². The van der Waals surface area contributed by atoms with Crippen LogP contribution in [0.3, 0.4) is 0 Å². The Kier molecular flexibility index (Phi) is 5.99. The highest BCUT2D eigenvalue weighted by atomic mass is 32.1. The number of nitrogens with one attached hydrogen (secondary N) is 2. The van der Waals surface area contributed by atoms with Crippen LogP contribution in [0.4, 0.5) is 4.79 Å². The third kappa shape index (κ3) is 4.71. The van der Waals surface area contributed by atoms with Gasteiger partial charge in [-0.25, -0.2) is 14.6 Å². The first-order valence-electron chi connectivity index (χ1n) is 8.50. The van der Waals surface area contributed by atoms with Gasteiger partial charge in [0.15, 0.2) is 12.3 Å². The van der Waals surface area contributed by atoms with Crippen LogP contribution in [-0.2, 0) is 23.0 Å². The number of aromatic nitrogens is 3. The van der Waals surface area contributed by atoms with E-state index < -0.39 is 24.5 Å². The molecule has 0 bridgehead atoms. The Hall–Kier alpha value is -3.27. The molecule has 3 amide bonds. The molecule has 3 aromatic heterocycles. The standard InChI is InChI=1S/C18H19N5O4S/c1-11-14-8-12(9-20-16(14)23(2)22-11)17(25)27-10-15(24)21-18(26)19-6-5-13-4-3-7-28-13/h3-4,7-9H,5-6,10H2,1-2H3,(H2,19,21,24,26). The van der Waals surface area contributed by atoms with Crippen LogP contribution >= 0.6 is 11.3 Å². The average Bonchev–Trinajstić information content (AvgIpc) is 3.28. The van der Waals surface area contributed by atoms with Gasteiger partial charge in [-0.1, -0.05) is 6.07 Å². The van der Waals surface area contributed by atoms with E-state index >= 15 is 0 Å². The number of imide groups is 1. The van der Waals surface area contributed by atoms with E-state index in [1.807, 2.05) is 24.4 Å². The fourth-order valence-corrected chi connectivity index (χ4v) is 3.30. The maximum atomic E-state index is 12.1. The number of rotatable bonds is 6. The number of esters is 1. The lowest BCUT2D eigenvalue weighted by molar-refractivity contribution is -0.123. The van der Waals surface area contributed by atoms with Crippen molar-refractivity contribution in [1.82, 2.24) is 25.4 Å². The average molecular weight is 401 g/mol. The Morgan fingerprint density at radius 1 is 1.32 bits per heavy atom. The highest BCUT2D eigenvalue weighted by Gasteiger charge is 2.15. The van der Waals surface area contributed by atoms with Crippen molar-refractivity contribution in [2.24, 2.45) is 7.05 Å². The van der Waals surface area contributed by atoms with Gasteiger partial charge in [0.2, 0.25) is 0 Å². The maximum absolute atomic E-state index is 12.1. The van der Waals surface area contributed by atoms with Gasteiger partial charge in [0, 0.05) is 30.1 Å². The van der Waals surface area contributed by atoms with E-state index in [1.165, 1.54) is 6.20 Å². The SMILES string of the molecule is Cc1nn(C)c2ncc(C(=O)OCC(=O)NC(=O)NCCc3cccs3)cc12. The molecule has 0 aliphatic rings. The smallest absolute Gasteiger partial charge is 0.340 e. The lowest BCUT2D eigenvalue weighted by Gasteiger charge is -2.07. The number of hydrogen-bond donors (Lipinski definition) is 2. The zero-order valence-corrected chi connectivity index (χ0v) is 16.2. The first-order valence-corrected chi connectivity index (χ1v) is 9.38. The molecular weight excluding hydrogens is 382 g/mol. The summed E-state index contributed by atoms with van der Waals surface area (Å²) in [5, 5.41) is 11.6. The van der Waals surface area contributed by atoms with Crippen molar-refractivity contribution in [3.63, 3.8) is 0 Å². The Morgan fingerprint density at radius 2 is 2.14 bits per heavy atom. The van der Waals surface area contributed by atoms with Gasteiger partial charge in [0.25, 0.3) is 5.91 Å². The fraction of sp³-hybridized carbons (Fsp3) is 0.278. The summed E-state index contributed by atoms with van der Waals surface area (Å²) in [6.07, 6.45) is 2.04. The van der Waals surface area contributed by atoms with Crippen LogP contribution in [0.25, 0.3) is 11.0 Å². The molecule has 0 aromatic carbocycles.